The molecule has 0 bridgehead atoms. The zero-order valence-corrected chi connectivity index (χ0v) is 22.2. The molecule has 2 N–H and O–H groups in total. The van der Waals surface area contributed by atoms with Gasteiger partial charge in [0.15, 0.2) is 0 Å². The van der Waals surface area contributed by atoms with Crippen LogP contribution >= 0.6 is 0 Å². The average Bonchev–Trinajstić information content (AvgIpc) is 3.53. The van der Waals surface area contributed by atoms with Gasteiger partial charge in [-0.1, -0.05) is 72.4 Å². The van der Waals surface area contributed by atoms with E-state index in [0.29, 0.717) is 0 Å². The van der Waals surface area contributed by atoms with Gasteiger partial charge in [0.1, 0.15) is 5.76 Å². The van der Waals surface area contributed by atoms with Crippen LogP contribution in [0.5, 0.6) is 0 Å². The summed E-state index contributed by atoms with van der Waals surface area (Å²) < 4.78 is 5.67. The Morgan fingerprint density at radius 3 is 2.53 bits per heavy atom. The lowest BCUT2D eigenvalue weighted by atomic mass is 9.70. The van der Waals surface area contributed by atoms with Gasteiger partial charge in [0.25, 0.3) is 0 Å². The van der Waals surface area contributed by atoms with Gasteiger partial charge in [-0.3, -0.25) is 4.79 Å². The number of nitrogens with two attached hydrogens (primary N) is 1. The van der Waals surface area contributed by atoms with Crippen LogP contribution in [-0.2, 0) is 14.9 Å². The number of likely N-dealkylation sites (tertiary alicyclic amines) is 1. The average molecular weight is 487 g/mol. The van der Waals surface area contributed by atoms with Crippen LogP contribution in [0.15, 0.2) is 89.8 Å². The van der Waals surface area contributed by atoms with Gasteiger partial charge in [0, 0.05) is 19.5 Å². The van der Waals surface area contributed by atoms with Crippen molar-refractivity contribution in [3.63, 3.8) is 0 Å². The molecule has 3 aliphatic rings. The van der Waals surface area contributed by atoms with Gasteiger partial charge < -0.3 is 15.4 Å². The molecule has 0 spiro atoms. The van der Waals surface area contributed by atoms with Gasteiger partial charge in [-0.05, 0) is 69.7 Å². The van der Waals surface area contributed by atoms with E-state index in [4.69, 9.17) is 10.5 Å². The van der Waals surface area contributed by atoms with E-state index in [-0.39, 0.29) is 11.8 Å². The van der Waals surface area contributed by atoms with Gasteiger partial charge >= 0.3 is 0 Å². The van der Waals surface area contributed by atoms with Gasteiger partial charge in [0.2, 0.25) is 5.91 Å². The second-order valence-corrected chi connectivity index (χ2v) is 9.42. The van der Waals surface area contributed by atoms with Gasteiger partial charge in [-0.15, -0.1) is 12.8 Å². The van der Waals surface area contributed by atoms with E-state index in [1.165, 1.54) is 11.1 Å². The van der Waals surface area contributed by atoms with E-state index in [2.05, 4.69) is 36.0 Å². The predicted octanol–water partition coefficient (Wildman–Crippen LogP) is 6.09. The van der Waals surface area contributed by atoms with Crippen molar-refractivity contribution in [2.45, 2.75) is 51.9 Å². The fourth-order valence-electron chi connectivity index (χ4n) is 4.98. The molecule has 0 radical (unpaired) electrons. The van der Waals surface area contributed by atoms with Crippen molar-refractivity contribution < 1.29 is 9.53 Å². The molecule has 2 aliphatic heterocycles. The summed E-state index contributed by atoms with van der Waals surface area (Å²) in [5.74, 6) is 1.09. The Morgan fingerprint density at radius 1 is 1.19 bits per heavy atom. The number of hydrogen-bond donors (Lipinski definition) is 1. The summed E-state index contributed by atoms with van der Waals surface area (Å²) in [6.07, 6.45) is 26.8. The third kappa shape index (κ3) is 7.60. The maximum Gasteiger partial charge on any atom is 0.228 e. The number of carbonyl (C=O) groups excluding carboxylic acids is 1. The zero-order valence-electron chi connectivity index (χ0n) is 22.2. The van der Waals surface area contributed by atoms with Crippen molar-refractivity contribution in [1.29, 1.82) is 0 Å². The number of nitrogens with zero attached hydrogens (tertiary/aromatic N) is 1. The van der Waals surface area contributed by atoms with Gasteiger partial charge in [0.05, 0.1) is 12.0 Å². The Kier molecular flexibility index (Phi) is 12.0. The molecule has 1 aromatic rings. The van der Waals surface area contributed by atoms with Crippen LogP contribution in [0.4, 0.5) is 0 Å². The number of hydrogen-bond acceptors (Lipinski definition) is 3. The first-order chi connectivity index (χ1) is 17.5. The van der Waals surface area contributed by atoms with Crippen LogP contribution < -0.4 is 5.73 Å². The second kappa shape index (κ2) is 15.0. The number of benzene rings is 1. The molecule has 1 unspecified atom stereocenters. The van der Waals surface area contributed by atoms with E-state index in [1.54, 1.807) is 0 Å². The SMILES string of the molecule is C#C.C/C=C\C=C/C.C[C@](C(N)=O)(c1ccccc1)C1CCN(CCC2=CC3=C(C=CC2)OCC3)C1. The number of allylic oxidation sites excluding steroid dienone is 7. The molecule has 0 aromatic heterocycles. The maximum absolute atomic E-state index is 12.4. The number of ether oxygens (including phenoxy) is 1. The molecule has 1 amide bonds. The highest BCUT2D eigenvalue weighted by Gasteiger charge is 2.44. The molecule has 1 aliphatic carbocycles. The monoisotopic (exact) mass is 486 g/mol. The highest BCUT2D eigenvalue weighted by atomic mass is 16.5. The number of amides is 1. The first-order valence-corrected chi connectivity index (χ1v) is 12.9. The summed E-state index contributed by atoms with van der Waals surface area (Å²) in [5, 5.41) is 0. The molecule has 1 fully saturated rings. The van der Waals surface area contributed by atoms with E-state index in [0.717, 1.165) is 63.2 Å². The van der Waals surface area contributed by atoms with Crippen LogP contribution in [0.1, 0.15) is 52.0 Å². The van der Waals surface area contributed by atoms with Gasteiger partial charge in [-0.2, -0.15) is 0 Å². The highest BCUT2D eigenvalue weighted by molar-refractivity contribution is 5.86. The largest absolute Gasteiger partial charge is 0.493 e. The van der Waals surface area contributed by atoms with Crippen molar-refractivity contribution in [3.05, 3.63) is 95.3 Å². The first-order valence-electron chi connectivity index (χ1n) is 12.9. The summed E-state index contributed by atoms with van der Waals surface area (Å²) in [6, 6.07) is 10.0. The van der Waals surface area contributed by atoms with E-state index < -0.39 is 5.41 Å². The Labute approximate surface area is 218 Å². The summed E-state index contributed by atoms with van der Waals surface area (Å²) in [5.41, 5.74) is 9.13. The van der Waals surface area contributed by atoms with Crippen molar-refractivity contribution in [2.24, 2.45) is 11.7 Å². The van der Waals surface area contributed by atoms with Crippen LogP contribution in [0.2, 0.25) is 0 Å². The summed E-state index contributed by atoms with van der Waals surface area (Å²) in [4.78, 5) is 14.9. The third-order valence-corrected chi connectivity index (χ3v) is 7.19. The number of rotatable bonds is 7. The zero-order chi connectivity index (χ0) is 26.4. The normalized spacial score (nSPS) is 20.9. The topological polar surface area (TPSA) is 55.6 Å². The molecule has 1 aromatic carbocycles. The Balaban J connectivity index is 0.000000502. The fourth-order valence-corrected chi connectivity index (χ4v) is 4.98. The Morgan fingerprint density at radius 2 is 1.89 bits per heavy atom. The van der Waals surface area contributed by atoms with Crippen LogP contribution in [0, 0.1) is 18.8 Å². The first kappa shape index (κ1) is 28.9. The van der Waals surface area contributed by atoms with Crippen LogP contribution in [-0.4, -0.2) is 37.0 Å². The lowest BCUT2D eigenvalue weighted by molar-refractivity contribution is -0.124. The molecule has 0 saturated carbocycles. The fraction of sp³-hybridized carbons (Fsp3) is 0.406. The molecular weight excluding hydrogens is 444 g/mol. The molecule has 4 rings (SSSR count). The highest BCUT2D eigenvalue weighted by Crippen LogP contribution is 2.38. The Bertz CT molecular complexity index is 1000. The summed E-state index contributed by atoms with van der Waals surface area (Å²) >= 11 is 0. The molecule has 1 saturated heterocycles. The molecule has 192 valence electrons. The maximum atomic E-state index is 12.4. The van der Waals surface area contributed by atoms with E-state index >= 15 is 0 Å². The van der Waals surface area contributed by atoms with Crippen molar-refractivity contribution in [2.75, 3.05) is 26.2 Å². The molecule has 4 heteroatoms. The number of primary amides is 1. The number of carbonyl (C=O) groups is 1. The van der Waals surface area contributed by atoms with Gasteiger partial charge in [-0.25, -0.2) is 0 Å². The van der Waals surface area contributed by atoms with E-state index in [1.807, 2.05) is 75.4 Å². The molecule has 36 heavy (non-hydrogen) atoms. The second-order valence-electron chi connectivity index (χ2n) is 9.42. The summed E-state index contributed by atoms with van der Waals surface area (Å²) in [6.45, 7) is 9.81. The van der Waals surface area contributed by atoms with E-state index in [9.17, 15) is 4.79 Å². The molecule has 2 atom stereocenters. The molecular formula is C32H42N2O2. The van der Waals surface area contributed by atoms with Crippen molar-refractivity contribution >= 4 is 5.91 Å². The smallest absolute Gasteiger partial charge is 0.228 e. The minimum atomic E-state index is -0.610. The standard InChI is InChI=1S/C24H30N2O2.C6H10.C2H2/c1-24(23(25)27,20-7-3-2-4-8-20)21-11-14-26(17-21)13-10-18-6-5-9-22-19(16-18)12-15-28-22;1-3-5-6-4-2;1-2/h2-5,7-9,16,21H,6,10-15,17H2,1H3,(H2,25,27);3-6H,1-2H3;1-2H/b;5-3-,6-4-;/t21?,24-;;/m0../s1. The minimum Gasteiger partial charge on any atom is -0.493 e. The minimum absolute atomic E-state index is 0.220. The lowest BCUT2D eigenvalue weighted by Gasteiger charge is -2.33. The predicted molar refractivity (Wildman–Crippen MR) is 151 cm³/mol. The molecule has 4 nitrogen and oxygen atoms in total. The summed E-state index contributed by atoms with van der Waals surface area (Å²) in [7, 11) is 0. The van der Waals surface area contributed by atoms with Crippen LogP contribution in [0.25, 0.3) is 0 Å². The van der Waals surface area contributed by atoms with Crippen molar-refractivity contribution in [3.8, 4) is 12.8 Å². The quantitative estimate of drug-likeness (QED) is 0.375. The van der Waals surface area contributed by atoms with Crippen LogP contribution in [0.3, 0.4) is 0 Å². The number of terminal acetylenes is 1. The van der Waals surface area contributed by atoms with Crippen molar-refractivity contribution in [1.82, 2.24) is 4.90 Å². The Hall–Kier alpha value is -3.29. The molecule has 2 heterocycles. The lowest BCUT2D eigenvalue weighted by Crippen LogP contribution is -2.46. The third-order valence-electron chi connectivity index (χ3n) is 7.19.